The van der Waals surface area contributed by atoms with Crippen LogP contribution in [0.15, 0.2) is 18.2 Å². The quantitative estimate of drug-likeness (QED) is 0.738. The molecule has 31 heavy (non-hydrogen) atoms. The Morgan fingerprint density at radius 3 is 2.29 bits per heavy atom. The van der Waals surface area contributed by atoms with E-state index in [1.807, 2.05) is 46.8 Å². The topological polar surface area (TPSA) is 81.2 Å². The SMILES string of the molecule is CCOc1cc2cc(C)c(OC)nc2cc1C(=O)N1CCN(C(=O)OC(C)(C)C)CC1. The van der Waals surface area contributed by atoms with Crippen LogP contribution >= 0.6 is 0 Å². The highest BCUT2D eigenvalue weighted by atomic mass is 16.6. The second-order valence-electron chi connectivity index (χ2n) is 8.55. The monoisotopic (exact) mass is 429 g/mol. The third-order valence-electron chi connectivity index (χ3n) is 5.00. The summed E-state index contributed by atoms with van der Waals surface area (Å²) >= 11 is 0. The van der Waals surface area contributed by atoms with Crippen molar-refractivity contribution in [2.45, 2.75) is 40.2 Å². The minimum atomic E-state index is -0.548. The van der Waals surface area contributed by atoms with Crippen molar-refractivity contribution in [3.8, 4) is 11.6 Å². The first-order chi connectivity index (χ1) is 14.6. The molecule has 0 atom stereocenters. The summed E-state index contributed by atoms with van der Waals surface area (Å²) in [7, 11) is 1.58. The number of methoxy groups -OCH3 is 1. The average Bonchev–Trinajstić information content (AvgIpc) is 2.71. The predicted molar refractivity (Wildman–Crippen MR) is 118 cm³/mol. The molecule has 0 saturated carbocycles. The molecule has 8 nitrogen and oxygen atoms in total. The molecule has 0 N–H and O–H groups in total. The largest absolute Gasteiger partial charge is 0.493 e. The highest BCUT2D eigenvalue weighted by Gasteiger charge is 2.29. The number of piperazine rings is 1. The van der Waals surface area contributed by atoms with E-state index >= 15 is 0 Å². The van der Waals surface area contributed by atoms with Crippen molar-refractivity contribution in [2.75, 3.05) is 39.9 Å². The number of carbonyl (C=O) groups excluding carboxylic acids is 2. The molecular formula is C23H31N3O5. The van der Waals surface area contributed by atoms with E-state index < -0.39 is 5.60 Å². The number of pyridine rings is 1. The van der Waals surface area contributed by atoms with Gasteiger partial charge in [0.1, 0.15) is 11.4 Å². The molecule has 1 aromatic carbocycles. The van der Waals surface area contributed by atoms with Crippen LogP contribution in [-0.4, -0.2) is 72.3 Å². The smallest absolute Gasteiger partial charge is 0.410 e. The summed E-state index contributed by atoms with van der Waals surface area (Å²) in [6, 6.07) is 5.57. The van der Waals surface area contributed by atoms with Crippen LogP contribution in [0.4, 0.5) is 4.79 Å². The highest BCUT2D eigenvalue weighted by molar-refractivity contribution is 6.01. The van der Waals surface area contributed by atoms with Gasteiger partial charge in [-0.05, 0) is 52.8 Å². The second kappa shape index (κ2) is 8.99. The van der Waals surface area contributed by atoms with E-state index in [0.717, 1.165) is 10.9 Å². The Hall–Kier alpha value is -3.03. The Bertz CT molecular complexity index is 975. The van der Waals surface area contributed by atoms with E-state index in [1.165, 1.54) is 0 Å². The van der Waals surface area contributed by atoms with Crippen LogP contribution in [-0.2, 0) is 4.74 Å². The lowest BCUT2D eigenvalue weighted by Crippen LogP contribution is -2.51. The summed E-state index contributed by atoms with van der Waals surface area (Å²) in [6.07, 6.45) is -0.355. The standard InChI is InChI=1S/C23H31N3O5/c1-7-30-19-13-16-12-15(2)20(29-6)24-18(16)14-17(19)21(27)25-8-10-26(11-9-25)22(28)31-23(3,4)5/h12-14H,7-11H2,1-6H3. The molecular weight excluding hydrogens is 398 g/mol. The molecule has 2 amide bonds. The lowest BCUT2D eigenvalue weighted by atomic mass is 10.1. The van der Waals surface area contributed by atoms with E-state index in [1.54, 1.807) is 23.0 Å². The predicted octanol–water partition coefficient (Wildman–Crippen LogP) is 3.64. The molecule has 168 valence electrons. The highest BCUT2D eigenvalue weighted by Crippen LogP contribution is 2.30. The van der Waals surface area contributed by atoms with Crippen LogP contribution in [0.3, 0.4) is 0 Å². The molecule has 0 spiro atoms. The van der Waals surface area contributed by atoms with Crippen molar-refractivity contribution in [3.05, 3.63) is 29.3 Å². The van der Waals surface area contributed by atoms with Gasteiger partial charge in [0.15, 0.2) is 0 Å². The molecule has 1 aromatic heterocycles. The van der Waals surface area contributed by atoms with Crippen molar-refractivity contribution in [1.29, 1.82) is 0 Å². The Kier molecular flexibility index (Phi) is 6.57. The summed E-state index contributed by atoms with van der Waals surface area (Å²) < 4.78 is 16.5. The van der Waals surface area contributed by atoms with Crippen molar-refractivity contribution in [2.24, 2.45) is 0 Å². The Labute approximate surface area is 183 Å². The molecule has 1 fully saturated rings. The van der Waals surface area contributed by atoms with Crippen LogP contribution in [0.5, 0.6) is 11.6 Å². The Balaban J connectivity index is 1.82. The molecule has 8 heteroatoms. The fourth-order valence-electron chi connectivity index (χ4n) is 3.53. The van der Waals surface area contributed by atoms with Crippen molar-refractivity contribution in [3.63, 3.8) is 0 Å². The summed E-state index contributed by atoms with van der Waals surface area (Å²) in [5, 5.41) is 0.882. The van der Waals surface area contributed by atoms with Gasteiger partial charge in [0.05, 0.1) is 24.8 Å². The number of fused-ring (bicyclic) bond motifs is 1. The van der Waals surface area contributed by atoms with Crippen LogP contribution in [0, 0.1) is 6.92 Å². The fourth-order valence-corrected chi connectivity index (χ4v) is 3.53. The van der Waals surface area contributed by atoms with Crippen molar-refractivity contribution in [1.82, 2.24) is 14.8 Å². The number of aromatic nitrogens is 1. The Morgan fingerprint density at radius 1 is 1.06 bits per heavy atom. The van der Waals surface area contributed by atoms with Crippen LogP contribution < -0.4 is 9.47 Å². The molecule has 0 radical (unpaired) electrons. The minimum absolute atomic E-state index is 0.143. The molecule has 2 aromatic rings. The number of ether oxygens (including phenoxy) is 3. The summed E-state index contributed by atoms with van der Waals surface area (Å²) in [4.78, 5) is 33.5. The van der Waals surface area contributed by atoms with Gasteiger partial charge in [-0.25, -0.2) is 9.78 Å². The second-order valence-corrected chi connectivity index (χ2v) is 8.55. The number of carbonyl (C=O) groups is 2. The molecule has 1 aliphatic heterocycles. The molecule has 0 aliphatic carbocycles. The zero-order chi connectivity index (χ0) is 22.8. The van der Waals surface area contributed by atoms with Crippen molar-refractivity contribution < 1.29 is 23.8 Å². The zero-order valence-electron chi connectivity index (χ0n) is 19.2. The number of aryl methyl sites for hydroxylation is 1. The number of benzene rings is 1. The lowest BCUT2D eigenvalue weighted by molar-refractivity contribution is 0.0140. The molecule has 3 rings (SSSR count). The number of hydrogen-bond acceptors (Lipinski definition) is 6. The van der Waals surface area contributed by atoms with Crippen LogP contribution in [0.1, 0.15) is 43.6 Å². The maximum absolute atomic E-state index is 13.3. The minimum Gasteiger partial charge on any atom is -0.493 e. The van der Waals surface area contributed by atoms with Gasteiger partial charge >= 0.3 is 6.09 Å². The van der Waals surface area contributed by atoms with Gasteiger partial charge in [-0.1, -0.05) is 0 Å². The number of nitrogens with zero attached hydrogens (tertiary/aromatic N) is 3. The summed E-state index contributed by atoms with van der Waals surface area (Å²) in [5.41, 5.74) is 1.49. The molecule has 1 saturated heterocycles. The van der Waals surface area contributed by atoms with Crippen LogP contribution in [0.25, 0.3) is 10.9 Å². The lowest BCUT2D eigenvalue weighted by Gasteiger charge is -2.35. The molecule has 0 unspecified atom stereocenters. The summed E-state index contributed by atoms with van der Waals surface area (Å²) in [6.45, 7) is 11.5. The van der Waals surface area contributed by atoms with Gasteiger partial charge in [-0.2, -0.15) is 0 Å². The fraction of sp³-hybridized carbons (Fsp3) is 0.522. The number of amides is 2. The van der Waals surface area contributed by atoms with Gasteiger partial charge in [0.2, 0.25) is 5.88 Å². The van der Waals surface area contributed by atoms with E-state index in [4.69, 9.17) is 14.2 Å². The van der Waals surface area contributed by atoms with E-state index in [0.29, 0.717) is 55.5 Å². The van der Waals surface area contributed by atoms with Gasteiger partial charge in [0.25, 0.3) is 5.91 Å². The van der Waals surface area contributed by atoms with Gasteiger partial charge in [-0.15, -0.1) is 0 Å². The number of hydrogen-bond donors (Lipinski definition) is 0. The first-order valence-corrected chi connectivity index (χ1v) is 10.5. The maximum atomic E-state index is 13.3. The Morgan fingerprint density at radius 2 is 1.71 bits per heavy atom. The third kappa shape index (κ3) is 5.18. The van der Waals surface area contributed by atoms with E-state index in [2.05, 4.69) is 4.98 Å². The van der Waals surface area contributed by atoms with Crippen LogP contribution in [0.2, 0.25) is 0 Å². The normalized spacial score (nSPS) is 14.5. The van der Waals surface area contributed by atoms with Crippen molar-refractivity contribution >= 4 is 22.9 Å². The number of rotatable bonds is 4. The molecule has 1 aliphatic rings. The van der Waals surface area contributed by atoms with Gasteiger partial charge in [-0.3, -0.25) is 4.79 Å². The molecule has 2 heterocycles. The maximum Gasteiger partial charge on any atom is 0.410 e. The average molecular weight is 430 g/mol. The van der Waals surface area contributed by atoms with Gasteiger partial charge in [0, 0.05) is 37.1 Å². The molecule has 0 bridgehead atoms. The first-order valence-electron chi connectivity index (χ1n) is 10.5. The first kappa shape index (κ1) is 22.7. The third-order valence-corrected chi connectivity index (χ3v) is 5.00. The summed E-state index contributed by atoms with van der Waals surface area (Å²) in [5.74, 6) is 0.914. The zero-order valence-corrected chi connectivity index (χ0v) is 19.2. The van der Waals surface area contributed by atoms with Gasteiger partial charge < -0.3 is 24.0 Å². The van der Waals surface area contributed by atoms with E-state index in [-0.39, 0.29) is 12.0 Å². The van der Waals surface area contributed by atoms with E-state index in [9.17, 15) is 9.59 Å².